The van der Waals surface area contributed by atoms with Crippen molar-refractivity contribution >= 4 is 28.6 Å². The summed E-state index contributed by atoms with van der Waals surface area (Å²) in [6.45, 7) is 22.3. The predicted molar refractivity (Wildman–Crippen MR) is 136 cm³/mol. The molecule has 1 aliphatic heterocycles. The molecule has 0 radical (unpaired) electrons. The van der Waals surface area contributed by atoms with E-state index in [-0.39, 0.29) is 22.2 Å². The van der Waals surface area contributed by atoms with Crippen LogP contribution in [0.1, 0.15) is 72.1 Å². The summed E-state index contributed by atoms with van der Waals surface area (Å²) in [4.78, 5) is 3.36. The van der Waals surface area contributed by atoms with Gasteiger partial charge < -0.3 is 4.90 Å². The summed E-state index contributed by atoms with van der Waals surface area (Å²) in [5, 5.41) is 0. The van der Waals surface area contributed by atoms with E-state index in [1.54, 1.807) is 0 Å². The fraction of sp³-hybridized carbons (Fsp3) is 0.464. The summed E-state index contributed by atoms with van der Waals surface area (Å²) in [5.74, 6) is 0.228. The van der Waals surface area contributed by atoms with Gasteiger partial charge >= 0.3 is 0 Å². The Balaban J connectivity index is 2.31. The van der Waals surface area contributed by atoms with Gasteiger partial charge in [0.25, 0.3) is 0 Å². The Morgan fingerprint density at radius 3 is 2.10 bits per heavy atom. The third-order valence-corrected chi connectivity index (χ3v) is 6.98. The van der Waals surface area contributed by atoms with Gasteiger partial charge in [-0.05, 0) is 51.5 Å². The molecule has 1 atom stereocenters. The number of hydrogen-bond acceptors (Lipinski definition) is 1. The number of rotatable bonds is 3. The molecule has 2 aromatic rings. The Hall–Kier alpha value is -1.93. The van der Waals surface area contributed by atoms with Crippen LogP contribution in [0.4, 0.5) is 11.4 Å². The molecular weight excluding hydrogens is 382 g/mol. The van der Waals surface area contributed by atoms with Crippen LogP contribution < -0.4 is 4.90 Å². The minimum atomic E-state index is -0.0770. The Labute approximate surface area is 189 Å². The fourth-order valence-electron chi connectivity index (χ4n) is 4.27. The zero-order chi connectivity index (χ0) is 22.5. The molecular formula is C28H37NS. The molecule has 0 fully saturated rings. The molecule has 160 valence electrons. The van der Waals surface area contributed by atoms with Gasteiger partial charge in [0, 0.05) is 11.6 Å². The Morgan fingerprint density at radius 1 is 0.900 bits per heavy atom. The highest BCUT2D eigenvalue weighted by atomic mass is 32.1. The second-order valence-corrected chi connectivity index (χ2v) is 11.7. The van der Waals surface area contributed by atoms with Crippen molar-refractivity contribution in [3.8, 4) is 0 Å². The maximum absolute atomic E-state index is 6.22. The number of nitrogens with zero attached hydrogens (tertiary/aromatic N) is 1. The van der Waals surface area contributed by atoms with Gasteiger partial charge in [-0.15, -0.1) is 6.58 Å². The maximum atomic E-state index is 6.22. The van der Waals surface area contributed by atoms with E-state index in [1.807, 2.05) is 0 Å². The van der Waals surface area contributed by atoms with Crippen LogP contribution in [0, 0.1) is 11.3 Å². The molecule has 0 amide bonds. The molecule has 0 aliphatic carbocycles. The molecule has 2 heteroatoms. The van der Waals surface area contributed by atoms with Crippen LogP contribution in [0.15, 0.2) is 55.1 Å². The van der Waals surface area contributed by atoms with Gasteiger partial charge in [-0.25, -0.2) is 0 Å². The fourth-order valence-corrected chi connectivity index (χ4v) is 4.86. The lowest BCUT2D eigenvalue weighted by atomic mass is 9.72. The summed E-state index contributed by atoms with van der Waals surface area (Å²) in [5.41, 5.74) is 6.45. The lowest BCUT2D eigenvalue weighted by Gasteiger charge is -2.44. The molecule has 3 rings (SSSR count). The van der Waals surface area contributed by atoms with Crippen LogP contribution in [-0.2, 0) is 17.3 Å². The number of hydrogen-bond donors (Lipinski definition) is 0. The summed E-state index contributed by atoms with van der Waals surface area (Å²) in [6, 6.07) is 15.7. The minimum Gasteiger partial charge on any atom is -0.304 e. The van der Waals surface area contributed by atoms with Gasteiger partial charge in [-0.3, -0.25) is 0 Å². The molecule has 2 aromatic carbocycles. The molecule has 1 aliphatic rings. The zero-order valence-electron chi connectivity index (χ0n) is 20.0. The molecule has 0 unspecified atom stereocenters. The largest absolute Gasteiger partial charge is 0.304 e. The normalized spacial score (nSPS) is 17.7. The minimum absolute atomic E-state index is 0.0111. The second-order valence-electron chi connectivity index (χ2n) is 11.3. The number of thiocarbonyl (C=S) groups is 1. The summed E-state index contributed by atoms with van der Waals surface area (Å²) >= 11 is 6.22. The van der Waals surface area contributed by atoms with Crippen molar-refractivity contribution in [3.63, 3.8) is 0 Å². The van der Waals surface area contributed by atoms with E-state index >= 15 is 0 Å². The summed E-state index contributed by atoms with van der Waals surface area (Å²) in [7, 11) is 0. The van der Waals surface area contributed by atoms with E-state index in [0.29, 0.717) is 0 Å². The summed E-state index contributed by atoms with van der Waals surface area (Å²) < 4.78 is 0. The third kappa shape index (κ3) is 4.12. The van der Waals surface area contributed by atoms with Crippen molar-refractivity contribution < 1.29 is 0 Å². The first-order chi connectivity index (χ1) is 13.8. The van der Waals surface area contributed by atoms with Crippen molar-refractivity contribution in [3.05, 3.63) is 71.8 Å². The average Bonchev–Trinajstić information content (AvgIpc) is 2.65. The monoisotopic (exact) mass is 419 g/mol. The van der Waals surface area contributed by atoms with Gasteiger partial charge in [0.2, 0.25) is 0 Å². The van der Waals surface area contributed by atoms with Gasteiger partial charge in [-0.1, -0.05) is 104 Å². The average molecular weight is 420 g/mol. The molecule has 1 heterocycles. The molecule has 0 N–H and O–H groups in total. The van der Waals surface area contributed by atoms with Crippen molar-refractivity contribution in [2.45, 2.75) is 72.6 Å². The first kappa shape index (κ1) is 22.7. The van der Waals surface area contributed by atoms with Crippen molar-refractivity contribution in [2.24, 2.45) is 11.3 Å². The van der Waals surface area contributed by atoms with Crippen molar-refractivity contribution in [2.75, 3.05) is 4.90 Å². The Kier molecular flexibility index (Phi) is 5.79. The topological polar surface area (TPSA) is 3.24 Å². The predicted octanol–water partition coefficient (Wildman–Crippen LogP) is 8.13. The number of benzene rings is 2. The highest BCUT2D eigenvalue weighted by molar-refractivity contribution is 7.80. The first-order valence-electron chi connectivity index (χ1n) is 11.0. The Morgan fingerprint density at radius 2 is 1.53 bits per heavy atom. The molecule has 0 saturated heterocycles. The van der Waals surface area contributed by atoms with Crippen molar-refractivity contribution in [1.29, 1.82) is 0 Å². The van der Waals surface area contributed by atoms with E-state index < -0.39 is 0 Å². The van der Waals surface area contributed by atoms with Crippen LogP contribution in [-0.4, -0.2) is 4.99 Å². The SMILES string of the molecule is C=CC(C)(C)[C@@H]1Cc2ccccc2N(c2cc(C(C)(C)C)ccc2C(C)(C)C)C1=S. The number of fused-ring (bicyclic) bond motifs is 1. The van der Waals surface area contributed by atoms with Gasteiger partial charge in [-0.2, -0.15) is 0 Å². The highest BCUT2D eigenvalue weighted by Gasteiger charge is 2.39. The van der Waals surface area contributed by atoms with Crippen LogP contribution in [0.5, 0.6) is 0 Å². The quantitative estimate of drug-likeness (QED) is 0.365. The molecule has 0 bridgehead atoms. The van der Waals surface area contributed by atoms with E-state index in [4.69, 9.17) is 12.2 Å². The highest BCUT2D eigenvalue weighted by Crippen LogP contribution is 2.46. The van der Waals surface area contributed by atoms with Crippen LogP contribution in [0.25, 0.3) is 0 Å². The zero-order valence-corrected chi connectivity index (χ0v) is 20.8. The number of allylic oxidation sites excluding steroid dienone is 1. The molecule has 0 saturated carbocycles. The molecule has 1 nitrogen and oxygen atoms in total. The summed E-state index contributed by atoms with van der Waals surface area (Å²) in [6.07, 6.45) is 3.01. The smallest absolute Gasteiger partial charge is 0.0913 e. The third-order valence-electron chi connectivity index (χ3n) is 6.51. The molecule has 30 heavy (non-hydrogen) atoms. The standard InChI is InChI=1S/C28H37NS/c1-10-28(8,9)22-17-19-13-11-12-14-23(19)29(25(22)30)24-18-20(26(2,3)4)15-16-21(24)27(5,6)7/h10-16,18,22H,1,17H2,2-9H3/t22-/m1/s1. The first-order valence-corrected chi connectivity index (χ1v) is 11.4. The van der Waals surface area contributed by atoms with E-state index in [9.17, 15) is 0 Å². The van der Waals surface area contributed by atoms with Crippen LogP contribution in [0.2, 0.25) is 0 Å². The van der Waals surface area contributed by atoms with Crippen molar-refractivity contribution in [1.82, 2.24) is 0 Å². The lowest BCUT2D eigenvalue weighted by molar-refractivity contribution is 0.361. The van der Waals surface area contributed by atoms with Gasteiger partial charge in [0.05, 0.1) is 10.7 Å². The molecule has 0 spiro atoms. The lowest BCUT2D eigenvalue weighted by Crippen LogP contribution is -2.43. The van der Waals surface area contributed by atoms with Crippen LogP contribution >= 0.6 is 12.2 Å². The van der Waals surface area contributed by atoms with Gasteiger partial charge in [0.1, 0.15) is 0 Å². The maximum Gasteiger partial charge on any atom is 0.0913 e. The van der Waals surface area contributed by atoms with E-state index in [2.05, 4.69) is 115 Å². The van der Waals surface area contributed by atoms with Gasteiger partial charge in [0.15, 0.2) is 0 Å². The second kappa shape index (κ2) is 7.64. The van der Waals surface area contributed by atoms with E-state index in [1.165, 1.54) is 28.1 Å². The van der Waals surface area contributed by atoms with E-state index in [0.717, 1.165) is 11.4 Å². The number of para-hydroxylation sites is 1. The van der Waals surface area contributed by atoms with Crippen LogP contribution in [0.3, 0.4) is 0 Å². The number of anilines is 2. The Bertz CT molecular complexity index is 969. The molecule has 0 aromatic heterocycles.